The number of cyclic esters (lactones) is 1. The van der Waals surface area contributed by atoms with Crippen molar-refractivity contribution in [3.8, 4) is 17.6 Å². The topological polar surface area (TPSA) is 80.8 Å². The van der Waals surface area contributed by atoms with Crippen LogP contribution in [0, 0.1) is 11.8 Å². The molecular formula is C19H17N3O4. The molecule has 0 atom stereocenters. The molecule has 26 heavy (non-hydrogen) atoms. The van der Waals surface area contributed by atoms with Crippen LogP contribution in [0.2, 0.25) is 0 Å². The Morgan fingerprint density at radius 2 is 2.15 bits per heavy atom. The van der Waals surface area contributed by atoms with Gasteiger partial charge in [0.1, 0.15) is 12.4 Å². The lowest BCUT2D eigenvalue weighted by atomic mass is 10.2. The molecule has 1 aliphatic heterocycles. The summed E-state index contributed by atoms with van der Waals surface area (Å²) in [7, 11) is 0. The number of carbonyl (C=O) groups excluding carboxylic acids is 2. The molecule has 1 aromatic carbocycles. The first kappa shape index (κ1) is 17.3. The van der Waals surface area contributed by atoms with Crippen LogP contribution in [0.3, 0.4) is 0 Å². The van der Waals surface area contributed by atoms with Crippen LogP contribution in [-0.2, 0) is 9.53 Å². The maximum atomic E-state index is 11.7. The van der Waals surface area contributed by atoms with Crippen LogP contribution < -0.4 is 15.0 Å². The van der Waals surface area contributed by atoms with Crippen molar-refractivity contribution in [1.29, 1.82) is 0 Å². The number of hydrogen-bond acceptors (Lipinski definition) is 5. The molecule has 0 radical (unpaired) electrons. The van der Waals surface area contributed by atoms with Gasteiger partial charge >= 0.3 is 6.09 Å². The molecule has 1 N–H and O–H groups in total. The first-order valence-electron chi connectivity index (χ1n) is 8.05. The summed E-state index contributed by atoms with van der Waals surface area (Å²) in [5, 5.41) is 2.66. The summed E-state index contributed by atoms with van der Waals surface area (Å²) in [5.41, 5.74) is 1.57. The molecule has 0 aliphatic carbocycles. The van der Waals surface area contributed by atoms with E-state index in [0.29, 0.717) is 18.9 Å². The average Bonchev–Trinajstić information content (AvgIpc) is 3.11. The van der Waals surface area contributed by atoms with Crippen molar-refractivity contribution in [3.63, 3.8) is 0 Å². The number of anilines is 1. The highest BCUT2D eigenvalue weighted by molar-refractivity contribution is 5.89. The van der Waals surface area contributed by atoms with Gasteiger partial charge in [0, 0.05) is 17.4 Å². The van der Waals surface area contributed by atoms with Crippen LogP contribution in [0.5, 0.6) is 5.75 Å². The Kier molecular flexibility index (Phi) is 5.68. The van der Waals surface area contributed by atoms with E-state index in [-0.39, 0.29) is 25.2 Å². The molecule has 1 fully saturated rings. The Morgan fingerprint density at radius 3 is 2.85 bits per heavy atom. The molecule has 0 spiro atoms. The van der Waals surface area contributed by atoms with Gasteiger partial charge in [-0.3, -0.25) is 14.7 Å². The van der Waals surface area contributed by atoms with Crippen LogP contribution in [0.4, 0.5) is 10.5 Å². The Bertz CT molecular complexity index is 825. The maximum Gasteiger partial charge on any atom is 0.414 e. The number of amides is 2. The molecule has 0 saturated carbocycles. The second-order valence-electron chi connectivity index (χ2n) is 5.37. The summed E-state index contributed by atoms with van der Waals surface area (Å²) < 4.78 is 10.2. The van der Waals surface area contributed by atoms with Gasteiger partial charge in [-0.1, -0.05) is 11.8 Å². The third-order valence-corrected chi connectivity index (χ3v) is 3.55. The molecule has 2 amide bonds. The zero-order valence-corrected chi connectivity index (χ0v) is 14.0. The van der Waals surface area contributed by atoms with Gasteiger partial charge in [0.05, 0.1) is 19.3 Å². The van der Waals surface area contributed by atoms with Crippen molar-refractivity contribution in [3.05, 3.63) is 54.4 Å². The Balaban J connectivity index is 1.43. The van der Waals surface area contributed by atoms with Gasteiger partial charge in [-0.2, -0.15) is 0 Å². The van der Waals surface area contributed by atoms with E-state index >= 15 is 0 Å². The monoisotopic (exact) mass is 351 g/mol. The van der Waals surface area contributed by atoms with Gasteiger partial charge in [-0.25, -0.2) is 4.79 Å². The molecule has 132 valence electrons. The number of nitrogens with zero attached hydrogens (tertiary/aromatic N) is 2. The molecule has 2 aromatic rings. The van der Waals surface area contributed by atoms with E-state index < -0.39 is 0 Å². The van der Waals surface area contributed by atoms with E-state index in [1.807, 2.05) is 24.3 Å². The summed E-state index contributed by atoms with van der Waals surface area (Å²) in [6.07, 6.45) is 2.84. The predicted octanol–water partition coefficient (Wildman–Crippen LogP) is 1.58. The van der Waals surface area contributed by atoms with E-state index in [9.17, 15) is 9.59 Å². The molecule has 3 rings (SSSR count). The van der Waals surface area contributed by atoms with Gasteiger partial charge in [0.25, 0.3) is 5.91 Å². The fourth-order valence-electron chi connectivity index (χ4n) is 2.27. The molecule has 0 bridgehead atoms. The zero-order valence-electron chi connectivity index (χ0n) is 14.0. The third kappa shape index (κ3) is 4.74. The van der Waals surface area contributed by atoms with Crippen LogP contribution in [-0.4, -0.2) is 43.3 Å². The molecule has 1 aromatic heterocycles. The fraction of sp³-hybridized carbons (Fsp3) is 0.211. The first-order valence-corrected chi connectivity index (χ1v) is 8.05. The lowest BCUT2D eigenvalue weighted by Crippen LogP contribution is -2.29. The largest absolute Gasteiger partial charge is 0.482 e. The summed E-state index contributed by atoms with van der Waals surface area (Å²) in [5.74, 6) is 6.11. The molecular weight excluding hydrogens is 334 g/mol. The van der Waals surface area contributed by atoms with Crippen LogP contribution in [0.25, 0.3) is 0 Å². The number of benzene rings is 1. The lowest BCUT2D eigenvalue weighted by Gasteiger charge is -2.11. The smallest absolute Gasteiger partial charge is 0.414 e. The molecule has 2 heterocycles. The van der Waals surface area contributed by atoms with E-state index in [4.69, 9.17) is 9.47 Å². The normalized spacial score (nSPS) is 12.8. The minimum absolute atomic E-state index is 0.0893. The lowest BCUT2D eigenvalue weighted by molar-refractivity contribution is -0.122. The molecule has 1 aliphatic rings. The van der Waals surface area contributed by atoms with Crippen molar-refractivity contribution >= 4 is 17.7 Å². The van der Waals surface area contributed by atoms with Crippen molar-refractivity contribution in [2.75, 3.05) is 31.2 Å². The van der Waals surface area contributed by atoms with Gasteiger partial charge in [-0.05, 0) is 36.4 Å². The number of carbonyl (C=O) groups is 2. The number of rotatable bonds is 5. The predicted molar refractivity (Wildman–Crippen MR) is 94.8 cm³/mol. The fourth-order valence-corrected chi connectivity index (χ4v) is 2.27. The molecule has 0 unspecified atom stereocenters. The highest BCUT2D eigenvalue weighted by Crippen LogP contribution is 2.18. The van der Waals surface area contributed by atoms with E-state index in [2.05, 4.69) is 22.1 Å². The second kappa shape index (κ2) is 8.53. The number of hydrogen-bond donors (Lipinski definition) is 1. The summed E-state index contributed by atoms with van der Waals surface area (Å²) >= 11 is 0. The Hall–Kier alpha value is -3.53. The summed E-state index contributed by atoms with van der Waals surface area (Å²) in [4.78, 5) is 28.6. The average molecular weight is 351 g/mol. The van der Waals surface area contributed by atoms with Gasteiger partial charge in [-0.15, -0.1) is 0 Å². The minimum Gasteiger partial charge on any atom is -0.482 e. The molecule has 7 nitrogen and oxygen atoms in total. The second-order valence-corrected chi connectivity index (χ2v) is 5.37. The highest BCUT2D eigenvalue weighted by atomic mass is 16.6. The number of pyridine rings is 1. The van der Waals surface area contributed by atoms with Crippen LogP contribution in [0.15, 0.2) is 48.8 Å². The highest BCUT2D eigenvalue weighted by Gasteiger charge is 2.23. The van der Waals surface area contributed by atoms with E-state index in [0.717, 1.165) is 11.3 Å². The Labute approximate surface area is 150 Å². The van der Waals surface area contributed by atoms with Crippen molar-refractivity contribution < 1.29 is 19.1 Å². The summed E-state index contributed by atoms with van der Waals surface area (Å²) in [6, 6.07) is 10.7. The summed E-state index contributed by atoms with van der Waals surface area (Å²) in [6.45, 7) is 1.09. The molecule has 1 saturated heterocycles. The molecule has 7 heteroatoms. The van der Waals surface area contributed by atoms with Crippen molar-refractivity contribution in [2.24, 2.45) is 0 Å². The SMILES string of the molecule is O=C(COc1cccnc1)NCC#Cc1ccc(N2CCOC2=O)cc1. The minimum atomic E-state index is -0.333. The van der Waals surface area contributed by atoms with Gasteiger partial charge < -0.3 is 14.8 Å². The van der Waals surface area contributed by atoms with Crippen LogP contribution >= 0.6 is 0 Å². The zero-order chi connectivity index (χ0) is 18.2. The first-order chi connectivity index (χ1) is 12.7. The quantitative estimate of drug-likeness (QED) is 0.828. The van der Waals surface area contributed by atoms with Gasteiger partial charge in [0.15, 0.2) is 6.61 Å². The van der Waals surface area contributed by atoms with E-state index in [1.54, 1.807) is 29.4 Å². The van der Waals surface area contributed by atoms with Crippen LogP contribution in [0.1, 0.15) is 5.56 Å². The standard InChI is InChI=1S/C19H17N3O4/c23-18(14-26-17-4-2-9-20-13-17)21-10-1-3-15-5-7-16(8-6-15)22-11-12-25-19(22)24/h2,4-9,13H,10-12,14H2,(H,21,23). The maximum absolute atomic E-state index is 11.7. The number of nitrogens with one attached hydrogen (secondary N) is 1. The van der Waals surface area contributed by atoms with Gasteiger partial charge in [0.2, 0.25) is 0 Å². The Morgan fingerprint density at radius 1 is 1.31 bits per heavy atom. The number of ether oxygens (including phenoxy) is 2. The van der Waals surface area contributed by atoms with Crippen molar-refractivity contribution in [1.82, 2.24) is 10.3 Å². The number of aromatic nitrogens is 1. The third-order valence-electron chi connectivity index (χ3n) is 3.55. The van der Waals surface area contributed by atoms with E-state index in [1.165, 1.54) is 0 Å². The van der Waals surface area contributed by atoms with Crippen molar-refractivity contribution in [2.45, 2.75) is 0 Å².